The summed E-state index contributed by atoms with van der Waals surface area (Å²) in [5.41, 5.74) is 13.8. The number of carbonyl (C=O) groups is 1. The Morgan fingerprint density at radius 3 is 2.41 bits per heavy atom. The van der Waals surface area contributed by atoms with E-state index in [0.29, 0.717) is 34.8 Å². The third-order valence-corrected chi connectivity index (χ3v) is 5.73. The van der Waals surface area contributed by atoms with Gasteiger partial charge in [0.15, 0.2) is 0 Å². The quantitative estimate of drug-likeness (QED) is 0.274. The smallest absolute Gasteiger partial charge is 0.280 e. The molecule has 0 bridgehead atoms. The predicted molar refractivity (Wildman–Crippen MR) is 139 cm³/mol. The highest BCUT2D eigenvalue weighted by Crippen LogP contribution is 2.39. The summed E-state index contributed by atoms with van der Waals surface area (Å²) < 4.78 is 46.9. The number of amides is 1. The van der Waals surface area contributed by atoms with E-state index in [9.17, 15) is 18.0 Å². The molecule has 0 spiro atoms. The highest BCUT2D eigenvalue weighted by Gasteiger charge is 2.22. The van der Waals surface area contributed by atoms with Gasteiger partial charge in [0.05, 0.1) is 28.7 Å². The topological polar surface area (TPSA) is 142 Å². The molecule has 0 aliphatic heterocycles. The maximum atomic E-state index is 13.7. The maximum Gasteiger partial charge on any atom is 0.280 e. The van der Waals surface area contributed by atoms with Gasteiger partial charge in [0.1, 0.15) is 18.1 Å². The molecular formula is C27H26F3N7O2. The number of ether oxygens (including phenoxy) is 1. The van der Waals surface area contributed by atoms with Gasteiger partial charge in [-0.25, -0.2) is 18.2 Å². The maximum absolute atomic E-state index is 13.7. The molecule has 0 saturated heterocycles. The number of aryl methyl sites for hydroxylation is 1. The van der Waals surface area contributed by atoms with Crippen molar-refractivity contribution >= 4 is 11.9 Å². The number of nitrogens with two attached hydrogens (primary N) is 2. The summed E-state index contributed by atoms with van der Waals surface area (Å²) in [6.07, 6.45) is -2.81. The average Bonchev–Trinajstić information content (AvgIpc) is 2.90. The Kier molecular flexibility index (Phi) is 8.35. The van der Waals surface area contributed by atoms with E-state index in [0.717, 1.165) is 0 Å². The largest absolute Gasteiger partial charge is 0.471 e. The third kappa shape index (κ3) is 6.85. The number of anilines is 1. The predicted octanol–water partition coefficient (Wildman–Crippen LogP) is 4.11. The summed E-state index contributed by atoms with van der Waals surface area (Å²) in [6.45, 7) is 3.49. The summed E-state index contributed by atoms with van der Waals surface area (Å²) in [5, 5.41) is 2.98. The van der Waals surface area contributed by atoms with Gasteiger partial charge in [0.2, 0.25) is 17.7 Å². The van der Waals surface area contributed by atoms with Crippen molar-refractivity contribution in [2.45, 2.75) is 39.5 Å². The molecule has 39 heavy (non-hydrogen) atoms. The van der Waals surface area contributed by atoms with Crippen molar-refractivity contribution in [2.75, 3.05) is 5.73 Å². The van der Waals surface area contributed by atoms with E-state index >= 15 is 0 Å². The van der Waals surface area contributed by atoms with Crippen LogP contribution in [-0.2, 0) is 17.9 Å². The Labute approximate surface area is 222 Å². The number of primary amides is 1. The number of nitrogens with one attached hydrogen (secondary N) is 1. The van der Waals surface area contributed by atoms with Crippen LogP contribution in [-0.4, -0.2) is 31.9 Å². The molecule has 0 fully saturated rings. The Hall–Kier alpha value is -4.58. The van der Waals surface area contributed by atoms with Gasteiger partial charge in [0, 0.05) is 17.8 Å². The first-order chi connectivity index (χ1) is 18.6. The molecule has 12 heteroatoms. The van der Waals surface area contributed by atoms with Crippen LogP contribution in [0.15, 0.2) is 54.6 Å². The number of nitrogen functional groups attached to an aromatic ring is 1. The number of carbonyl (C=O) groups excluding carboxylic acids is 1. The zero-order chi connectivity index (χ0) is 28.1. The molecule has 9 nitrogen and oxygen atoms in total. The molecule has 1 atom stereocenters. The summed E-state index contributed by atoms with van der Waals surface area (Å²) in [4.78, 5) is 28.3. The van der Waals surface area contributed by atoms with Crippen molar-refractivity contribution in [3.63, 3.8) is 0 Å². The molecule has 0 aliphatic rings. The van der Waals surface area contributed by atoms with Crippen LogP contribution < -0.4 is 21.5 Å². The number of hydrogen-bond acceptors (Lipinski definition) is 8. The Balaban J connectivity index is 1.74. The molecule has 1 amide bonds. The van der Waals surface area contributed by atoms with E-state index < -0.39 is 29.9 Å². The molecule has 1 aromatic carbocycles. The van der Waals surface area contributed by atoms with Gasteiger partial charge >= 0.3 is 0 Å². The van der Waals surface area contributed by atoms with Crippen LogP contribution in [0.25, 0.3) is 22.4 Å². The van der Waals surface area contributed by atoms with Crippen molar-refractivity contribution in [1.82, 2.24) is 25.3 Å². The number of hydrogen-bond donors (Lipinski definition) is 3. The second-order valence-electron chi connectivity index (χ2n) is 8.75. The molecule has 1 unspecified atom stereocenters. The number of rotatable bonds is 10. The molecule has 0 aliphatic carbocycles. The van der Waals surface area contributed by atoms with Crippen LogP contribution in [0.4, 0.5) is 19.1 Å². The Morgan fingerprint density at radius 1 is 1.00 bits per heavy atom. The highest BCUT2D eigenvalue weighted by molar-refractivity contribution is 5.85. The summed E-state index contributed by atoms with van der Waals surface area (Å²) in [7, 11) is 0. The summed E-state index contributed by atoms with van der Waals surface area (Å²) in [5.74, 6) is -1.04. The van der Waals surface area contributed by atoms with Crippen molar-refractivity contribution < 1.29 is 22.7 Å². The molecule has 4 rings (SSSR count). The second-order valence-corrected chi connectivity index (χ2v) is 8.75. The highest BCUT2D eigenvalue weighted by atomic mass is 19.3. The van der Waals surface area contributed by atoms with E-state index in [2.05, 4.69) is 25.3 Å². The van der Waals surface area contributed by atoms with Crippen molar-refractivity contribution in [1.29, 1.82) is 0 Å². The van der Waals surface area contributed by atoms with Gasteiger partial charge in [-0.1, -0.05) is 6.07 Å². The van der Waals surface area contributed by atoms with Gasteiger partial charge in [-0.15, -0.1) is 0 Å². The minimum atomic E-state index is -2.81. The molecular weight excluding hydrogens is 511 g/mol. The van der Waals surface area contributed by atoms with Crippen molar-refractivity contribution in [2.24, 2.45) is 5.73 Å². The lowest BCUT2D eigenvalue weighted by Gasteiger charge is -2.17. The summed E-state index contributed by atoms with van der Waals surface area (Å²) in [6, 6.07) is 13.1. The van der Waals surface area contributed by atoms with Gasteiger partial charge < -0.3 is 21.5 Å². The monoisotopic (exact) mass is 537 g/mol. The fourth-order valence-electron chi connectivity index (χ4n) is 3.80. The van der Waals surface area contributed by atoms with Crippen LogP contribution in [0.2, 0.25) is 0 Å². The van der Waals surface area contributed by atoms with E-state index in [1.165, 1.54) is 30.3 Å². The number of pyridine rings is 2. The molecule has 0 radical (unpaired) electrons. The first-order valence-electron chi connectivity index (χ1n) is 11.9. The fourth-order valence-corrected chi connectivity index (χ4v) is 3.80. The van der Waals surface area contributed by atoms with Crippen molar-refractivity contribution in [3.8, 4) is 28.3 Å². The van der Waals surface area contributed by atoms with E-state index in [1.54, 1.807) is 38.1 Å². The first kappa shape index (κ1) is 27.5. The molecule has 5 N–H and O–H groups in total. The SMILES string of the molecule is Cc1cc(-c2c(OCc3cccc(CNC(C)C(N)=O)n3)nc(N)nc2-c2ccc(F)cc2)cc(C(F)F)n1. The van der Waals surface area contributed by atoms with Crippen LogP contribution in [0.1, 0.15) is 36.1 Å². The minimum Gasteiger partial charge on any atom is -0.471 e. The van der Waals surface area contributed by atoms with Gasteiger partial charge in [-0.2, -0.15) is 4.98 Å². The van der Waals surface area contributed by atoms with E-state index in [1.807, 2.05) is 0 Å². The molecule has 0 saturated carbocycles. The number of aromatic nitrogens is 4. The third-order valence-electron chi connectivity index (χ3n) is 5.73. The number of alkyl halides is 2. The normalized spacial score (nSPS) is 11.9. The fraction of sp³-hybridized carbons (Fsp3) is 0.222. The van der Waals surface area contributed by atoms with Crippen LogP contribution in [0, 0.1) is 12.7 Å². The molecule has 202 valence electrons. The number of halogens is 3. The first-order valence-corrected chi connectivity index (χ1v) is 11.9. The van der Waals surface area contributed by atoms with Gasteiger partial charge in [-0.3, -0.25) is 14.8 Å². The summed E-state index contributed by atoms with van der Waals surface area (Å²) >= 11 is 0. The van der Waals surface area contributed by atoms with E-state index in [4.69, 9.17) is 16.2 Å². The standard InChI is InChI=1S/C27H26F3N7O2/c1-14-10-17(11-21(34-14)24(29)30)22-23(16-6-8-18(28)9-7-16)36-27(32)37-26(22)39-13-20-5-3-4-19(35-20)12-33-15(2)25(31)38/h3-11,15,24,33H,12-13H2,1-2H3,(H2,31,38)(H2,32,36,37). The lowest BCUT2D eigenvalue weighted by molar-refractivity contribution is -0.119. The van der Waals surface area contributed by atoms with Gasteiger partial charge in [-0.05, 0) is 67.9 Å². The number of nitrogens with zero attached hydrogens (tertiary/aromatic N) is 4. The Morgan fingerprint density at radius 2 is 1.72 bits per heavy atom. The van der Waals surface area contributed by atoms with E-state index in [-0.39, 0.29) is 29.7 Å². The second kappa shape index (κ2) is 11.9. The average molecular weight is 538 g/mol. The van der Waals surface area contributed by atoms with Crippen LogP contribution in [0.3, 0.4) is 0 Å². The zero-order valence-electron chi connectivity index (χ0n) is 21.2. The zero-order valence-corrected chi connectivity index (χ0v) is 21.2. The van der Waals surface area contributed by atoms with Crippen molar-refractivity contribution in [3.05, 3.63) is 83.2 Å². The lowest BCUT2D eigenvalue weighted by atomic mass is 9.99. The molecule has 4 aromatic rings. The minimum absolute atomic E-state index is 0.0281. The van der Waals surface area contributed by atoms with Crippen LogP contribution in [0.5, 0.6) is 5.88 Å². The molecule has 3 aromatic heterocycles. The lowest BCUT2D eigenvalue weighted by Crippen LogP contribution is -2.38. The number of benzene rings is 1. The van der Waals surface area contributed by atoms with Crippen LogP contribution >= 0.6 is 0 Å². The molecule has 3 heterocycles. The van der Waals surface area contributed by atoms with Gasteiger partial charge in [0.25, 0.3) is 6.43 Å². The Bertz CT molecular complexity index is 1480.